The molecule has 60 valence electrons. The second-order valence-electron chi connectivity index (χ2n) is 1.87. The first-order valence-corrected chi connectivity index (χ1v) is 4.97. The minimum absolute atomic E-state index is 0.0816. The average Bonchev–Trinajstić information content (AvgIpc) is 2.34. The SMILES string of the molecule is CSc1ncc(CC(=O)O)s1. The number of aromatic nitrogens is 1. The van der Waals surface area contributed by atoms with Gasteiger partial charge in [-0.1, -0.05) is 11.8 Å². The van der Waals surface area contributed by atoms with E-state index in [1.807, 2.05) is 6.26 Å². The standard InChI is InChI=1S/C6H7NO2S2/c1-10-6-7-3-4(11-6)2-5(8)9/h3H,2H2,1H3,(H,8,9). The van der Waals surface area contributed by atoms with Gasteiger partial charge in [0, 0.05) is 11.1 Å². The predicted octanol–water partition coefficient (Wildman–Crippen LogP) is 1.49. The van der Waals surface area contributed by atoms with Gasteiger partial charge < -0.3 is 5.11 Å². The molecule has 3 nitrogen and oxygen atoms in total. The average molecular weight is 189 g/mol. The van der Waals surface area contributed by atoms with Gasteiger partial charge in [-0.15, -0.1) is 11.3 Å². The summed E-state index contributed by atoms with van der Waals surface area (Å²) in [6.07, 6.45) is 3.62. The van der Waals surface area contributed by atoms with Gasteiger partial charge in [0.1, 0.15) is 4.34 Å². The van der Waals surface area contributed by atoms with Crippen molar-refractivity contribution in [3.63, 3.8) is 0 Å². The number of hydrogen-bond acceptors (Lipinski definition) is 4. The molecule has 0 radical (unpaired) electrons. The molecule has 1 aromatic rings. The van der Waals surface area contributed by atoms with Gasteiger partial charge >= 0.3 is 5.97 Å². The van der Waals surface area contributed by atoms with Gasteiger partial charge in [-0.3, -0.25) is 4.79 Å². The monoisotopic (exact) mass is 189 g/mol. The quantitative estimate of drug-likeness (QED) is 0.732. The Balaban J connectivity index is 2.65. The Hall–Kier alpha value is -0.550. The van der Waals surface area contributed by atoms with Crippen molar-refractivity contribution < 1.29 is 9.90 Å². The molecule has 1 N–H and O–H groups in total. The van der Waals surface area contributed by atoms with Crippen LogP contribution < -0.4 is 0 Å². The summed E-state index contributed by atoms with van der Waals surface area (Å²) < 4.78 is 0.918. The van der Waals surface area contributed by atoms with Crippen LogP contribution in [0.1, 0.15) is 4.88 Å². The maximum atomic E-state index is 10.2. The highest BCUT2D eigenvalue weighted by Crippen LogP contribution is 2.21. The number of thioether (sulfide) groups is 1. The van der Waals surface area contributed by atoms with E-state index in [1.165, 1.54) is 23.1 Å². The molecule has 0 saturated heterocycles. The third-order valence-corrected chi connectivity index (χ3v) is 3.03. The summed E-state index contributed by atoms with van der Waals surface area (Å²) in [5, 5.41) is 8.42. The Morgan fingerprint density at radius 2 is 2.64 bits per heavy atom. The maximum Gasteiger partial charge on any atom is 0.308 e. The number of carboxylic acids is 1. The Morgan fingerprint density at radius 1 is 1.91 bits per heavy atom. The van der Waals surface area contributed by atoms with Gasteiger partial charge in [-0.05, 0) is 6.26 Å². The summed E-state index contributed by atoms with van der Waals surface area (Å²) in [7, 11) is 0. The van der Waals surface area contributed by atoms with E-state index in [0.717, 1.165) is 9.22 Å². The van der Waals surface area contributed by atoms with Gasteiger partial charge in [0.25, 0.3) is 0 Å². The molecule has 0 aliphatic carbocycles. The van der Waals surface area contributed by atoms with E-state index in [4.69, 9.17) is 5.11 Å². The van der Waals surface area contributed by atoms with E-state index in [0.29, 0.717) is 0 Å². The van der Waals surface area contributed by atoms with E-state index in [9.17, 15) is 4.79 Å². The van der Waals surface area contributed by atoms with Gasteiger partial charge in [0.2, 0.25) is 0 Å². The maximum absolute atomic E-state index is 10.2. The number of nitrogens with zero attached hydrogens (tertiary/aromatic N) is 1. The van der Waals surface area contributed by atoms with Crippen molar-refractivity contribution in [1.82, 2.24) is 4.98 Å². The molecule has 5 heteroatoms. The van der Waals surface area contributed by atoms with E-state index >= 15 is 0 Å². The molecule has 0 atom stereocenters. The molecule has 1 rings (SSSR count). The topological polar surface area (TPSA) is 50.2 Å². The number of carbonyl (C=O) groups is 1. The molecule has 1 heterocycles. The van der Waals surface area contributed by atoms with E-state index in [2.05, 4.69) is 4.98 Å². The van der Waals surface area contributed by atoms with Crippen LogP contribution in [-0.4, -0.2) is 22.3 Å². The zero-order valence-electron chi connectivity index (χ0n) is 5.90. The zero-order valence-corrected chi connectivity index (χ0v) is 7.54. The number of aliphatic carboxylic acids is 1. The van der Waals surface area contributed by atoms with Crippen LogP contribution in [0.25, 0.3) is 0 Å². The molecule has 0 bridgehead atoms. The lowest BCUT2D eigenvalue weighted by Gasteiger charge is -1.85. The summed E-state index contributed by atoms with van der Waals surface area (Å²) in [5.41, 5.74) is 0. The van der Waals surface area contributed by atoms with E-state index in [-0.39, 0.29) is 6.42 Å². The first-order chi connectivity index (χ1) is 5.22. The third-order valence-electron chi connectivity index (χ3n) is 1.03. The summed E-state index contributed by atoms with van der Waals surface area (Å²) in [6.45, 7) is 0. The lowest BCUT2D eigenvalue weighted by molar-refractivity contribution is -0.136. The summed E-state index contributed by atoms with van der Waals surface area (Å²) in [6, 6.07) is 0. The fraction of sp³-hybridized carbons (Fsp3) is 0.333. The second-order valence-corrected chi connectivity index (χ2v) is 4.04. The molecule has 0 fully saturated rings. The van der Waals surface area contributed by atoms with Crippen LogP contribution >= 0.6 is 23.1 Å². The molecule has 0 aliphatic rings. The number of thiazole rings is 1. The molecular weight excluding hydrogens is 182 g/mol. The lowest BCUT2D eigenvalue weighted by atomic mass is 10.4. The Morgan fingerprint density at radius 3 is 3.09 bits per heavy atom. The van der Waals surface area contributed by atoms with E-state index < -0.39 is 5.97 Å². The van der Waals surface area contributed by atoms with Crippen LogP contribution in [-0.2, 0) is 11.2 Å². The molecule has 0 aromatic carbocycles. The molecule has 0 aliphatic heterocycles. The van der Waals surface area contributed by atoms with Crippen molar-refractivity contribution in [1.29, 1.82) is 0 Å². The van der Waals surface area contributed by atoms with Crippen molar-refractivity contribution in [2.24, 2.45) is 0 Å². The first kappa shape index (κ1) is 8.55. The summed E-state index contributed by atoms with van der Waals surface area (Å²) in [4.78, 5) is 15.1. The normalized spacial score (nSPS) is 9.91. The van der Waals surface area contributed by atoms with Crippen molar-refractivity contribution in [3.05, 3.63) is 11.1 Å². The minimum Gasteiger partial charge on any atom is -0.481 e. The number of rotatable bonds is 3. The minimum atomic E-state index is -0.804. The van der Waals surface area contributed by atoms with Gasteiger partial charge in [0.15, 0.2) is 0 Å². The van der Waals surface area contributed by atoms with Gasteiger partial charge in [0.05, 0.1) is 6.42 Å². The fourth-order valence-electron chi connectivity index (χ4n) is 0.615. The smallest absolute Gasteiger partial charge is 0.308 e. The van der Waals surface area contributed by atoms with Crippen LogP contribution in [0.15, 0.2) is 10.5 Å². The predicted molar refractivity (Wildman–Crippen MR) is 45.2 cm³/mol. The van der Waals surface area contributed by atoms with Crippen LogP contribution in [0.2, 0.25) is 0 Å². The van der Waals surface area contributed by atoms with Crippen LogP contribution in [0.3, 0.4) is 0 Å². The van der Waals surface area contributed by atoms with Crippen molar-refractivity contribution >= 4 is 29.1 Å². The lowest BCUT2D eigenvalue weighted by Crippen LogP contribution is -1.97. The Bertz CT molecular complexity index is 259. The molecule has 0 unspecified atom stereocenters. The molecule has 0 saturated carbocycles. The second kappa shape index (κ2) is 3.73. The number of carboxylic acid groups (broad SMARTS) is 1. The highest BCUT2D eigenvalue weighted by molar-refractivity contribution is 8.00. The fourth-order valence-corrected chi connectivity index (χ4v) is 2.06. The van der Waals surface area contributed by atoms with Crippen molar-refractivity contribution in [2.75, 3.05) is 6.26 Å². The highest BCUT2D eigenvalue weighted by atomic mass is 32.2. The van der Waals surface area contributed by atoms with Gasteiger partial charge in [-0.2, -0.15) is 0 Å². The third kappa shape index (κ3) is 2.51. The van der Waals surface area contributed by atoms with Crippen molar-refractivity contribution in [3.8, 4) is 0 Å². The summed E-state index contributed by atoms with van der Waals surface area (Å²) in [5.74, 6) is -0.804. The highest BCUT2D eigenvalue weighted by Gasteiger charge is 2.04. The van der Waals surface area contributed by atoms with Crippen LogP contribution in [0.5, 0.6) is 0 Å². The zero-order chi connectivity index (χ0) is 8.27. The van der Waals surface area contributed by atoms with E-state index in [1.54, 1.807) is 6.20 Å². The molecule has 11 heavy (non-hydrogen) atoms. The summed E-state index contributed by atoms with van der Waals surface area (Å²) >= 11 is 2.96. The number of hydrogen-bond donors (Lipinski definition) is 1. The van der Waals surface area contributed by atoms with Crippen LogP contribution in [0.4, 0.5) is 0 Å². The van der Waals surface area contributed by atoms with Crippen LogP contribution in [0, 0.1) is 0 Å². The van der Waals surface area contributed by atoms with Gasteiger partial charge in [-0.25, -0.2) is 4.98 Å². The molecule has 1 aromatic heterocycles. The molecule has 0 amide bonds. The Labute approximate surface area is 72.5 Å². The molecular formula is C6H7NO2S2. The molecule has 0 spiro atoms. The first-order valence-electron chi connectivity index (χ1n) is 2.93. The van der Waals surface area contributed by atoms with Crippen molar-refractivity contribution in [2.45, 2.75) is 10.8 Å². The Kier molecular flexibility index (Phi) is 2.90. The largest absolute Gasteiger partial charge is 0.481 e.